The Morgan fingerprint density at radius 1 is 1.35 bits per heavy atom. The van der Waals surface area contributed by atoms with Crippen LogP contribution in [0.15, 0.2) is 35.4 Å². The quantitative estimate of drug-likeness (QED) is 0.287. The first-order valence-corrected chi connectivity index (χ1v) is 11.8. The minimum atomic E-state index is -0.259. The second kappa shape index (κ2) is 9.59. The zero-order valence-corrected chi connectivity index (χ0v) is 21.4. The molecule has 1 heterocycles. The third-order valence-electron chi connectivity index (χ3n) is 6.00. The highest BCUT2D eigenvalue weighted by molar-refractivity contribution is 14.1. The van der Waals surface area contributed by atoms with Gasteiger partial charge in [0.05, 0.1) is 16.9 Å². The van der Waals surface area contributed by atoms with Gasteiger partial charge in [-0.15, -0.1) is 0 Å². The SMILES string of the molecule is CCCN1c2cc(C)c(/C=N/NC(=O)c3ccc(I)c(OC)c3)cc2C(C)CC1(C)C. The van der Waals surface area contributed by atoms with E-state index in [4.69, 9.17) is 4.74 Å². The van der Waals surface area contributed by atoms with E-state index in [1.165, 1.54) is 11.3 Å². The number of anilines is 1. The lowest BCUT2D eigenvalue weighted by Crippen LogP contribution is -2.48. The zero-order valence-electron chi connectivity index (χ0n) is 19.3. The van der Waals surface area contributed by atoms with Gasteiger partial charge < -0.3 is 9.64 Å². The highest BCUT2D eigenvalue weighted by Gasteiger charge is 2.36. The largest absolute Gasteiger partial charge is 0.496 e. The molecule has 5 nitrogen and oxygen atoms in total. The minimum absolute atomic E-state index is 0.146. The number of ether oxygens (including phenoxy) is 1. The maximum Gasteiger partial charge on any atom is 0.271 e. The number of hydrogen-bond donors (Lipinski definition) is 1. The molecule has 1 amide bonds. The van der Waals surface area contributed by atoms with Crippen molar-refractivity contribution in [1.82, 2.24) is 5.43 Å². The van der Waals surface area contributed by atoms with Gasteiger partial charge in [0, 0.05) is 23.3 Å². The van der Waals surface area contributed by atoms with Crippen molar-refractivity contribution >= 4 is 40.4 Å². The van der Waals surface area contributed by atoms with E-state index in [1.54, 1.807) is 25.5 Å². The van der Waals surface area contributed by atoms with Crippen LogP contribution in [0.5, 0.6) is 5.75 Å². The summed E-state index contributed by atoms with van der Waals surface area (Å²) in [6, 6.07) is 9.86. The standard InChI is InChI=1S/C25H32IN3O2/c1-7-10-29-22-11-16(2)19(12-20(22)17(3)14-25(29,4)5)15-27-28-24(30)18-8-9-21(26)23(13-18)31-6/h8-9,11-13,15,17H,7,10,14H2,1-6H3,(H,28,30)/b27-15+. The van der Waals surface area contributed by atoms with Gasteiger partial charge in [0.15, 0.2) is 0 Å². The second-order valence-electron chi connectivity index (χ2n) is 8.89. The molecule has 6 heteroatoms. The third kappa shape index (κ3) is 5.05. The van der Waals surface area contributed by atoms with Crippen LogP contribution in [0.25, 0.3) is 0 Å². The van der Waals surface area contributed by atoms with Crippen molar-refractivity contribution < 1.29 is 9.53 Å². The number of nitrogens with zero attached hydrogens (tertiary/aromatic N) is 2. The molecule has 1 atom stereocenters. The molecule has 2 aromatic rings. The van der Waals surface area contributed by atoms with Gasteiger partial charge in [0.1, 0.15) is 5.75 Å². The van der Waals surface area contributed by atoms with Crippen molar-refractivity contribution in [3.05, 3.63) is 56.2 Å². The lowest BCUT2D eigenvalue weighted by Gasteiger charge is -2.48. The first-order chi connectivity index (χ1) is 14.7. The average molecular weight is 533 g/mol. The van der Waals surface area contributed by atoms with Gasteiger partial charge in [-0.2, -0.15) is 5.10 Å². The number of carbonyl (C=O) groups excluding carboxylic acids is 1. The third-order valence-corrected chi connectivity index (χ3v) is 6.89. The number of hydrogen-bond acceptors (Lipinski definition) is 4. The van der Waals surface area contributed by atoms with Crippen LogP contribution in [-0.4, -0.2) is 31.3 Å². The summed E-state index contributed by atoms with van der Waals surface area (Å²) >= 11 is 2.18. The van der Waals surface area contributed by atoms with Crippen LogP contribution < -0.4 is 15.1 Å². The molecule has 1 unspecified atom stereocenters. The molecule has 0 radical (unpaired) electrons. The molecular formula is C25H32IN3O2. The number of carbonyl (C=O) groups is 1. The average Bonchev–Trinajstić information content (AvgIpc) is 2.71. The summed E-state index contributed by atoms with van der Waals surface area (Å²) in [5.41, 5.74) is 8.17. The Kier molecular flexibility index (Phi) is 7.29. The monoisotopic (exact) mass is 533 g/mol. The topological polar surface area (TPSA) is 53.9 Å². The lowest BCUT2D eigenvalue weighted by atomic mass is 9.79. The van der Waals surface area contributed by atoms with Crippen molar-refractivity contribution in [2.24, 2.45) is 5.10 Å². The number of aryl methyl sites for hydroxylation is 1. The number of rotatable bonds is 6. The number of hydrazone groups is 1. The summed E-state index contributed by atoms with van der Waals surface area (Å²) in [6.07, 6.45) is 3.98. The normalized spacial score (nSPS) is 17.5. The number of benzene rings is 2. The smallest absolute Gasteiger partial charge is 0.271 e. The predicted octanol–water partition coefficient (Wildman–Crippen LogP) is 5.87. The summed E-state index contributed by atoms with van der Waals surface area (Å²) in [6.45, 7) is 12.3. The number of nitrogens with one attached hydrogen (secondary N) is 1. The van der Waals surface area contributed by atoms with E-state index in [9.17, 15) is 4.79 Å². The van der Waals surface area contributed by atoms with E-state index in [0.29, 0.717) is 17.2 Å². The van der Waals surface area contributed by atoms with E-state index in [-0.39, 0.29) is 11.4 Å². The first kappa shape index (κ1) is 23.6. The molecule has 31 heavy (non-hydrogen) atoms. The Balaban J connectivity index is 1.82. The van der Waals surface area contributed by atoms with Gasteiger partial charge in [-0.25, -0.2) is 5.43 Å². The number of fused-ring (bicyclic) bond motifs is 1. The van der Waals surface area contributed by atoms with E-state index in [2.05, 4.69) is 84.8 Å². The van der Waals surface area contributed by atoms with E-state index in [1.807, 2.05) is 6.07 Å². The molecule has 2 aromatic carbocycles. The summed E-state index contributed by atoms with van der Waals surface area (Å²) in [4.78, 5) is 15.0. The van der Waals surface area contributed by atoms with Crippen LogP contribution >= 0.6 is 22.6 Å². The minimum Gasteiger partial charge on any atom is -0.496 e. The molecule has 1 aliphatic heterocycles. The van der Waals surface area contributed by atoms with E-state index < -0.39 is 0 Å². The summed E-state index contributed by atoms with van der Waals surface area (Å²) < 4.78 is 6.26. The summed E-state index contributed by atoms with van der Waals surface area (Å²) in [5.74, 6) is 0.891. The van der Waals surface area contributed by atoms with Gasteiger partial charge in [-0.1, -0.05) is 13.8 Å². The Morgan fingerprint density at radius 2 is 2.10 bits per heavy atom. The molecule has 0 fully saturated rings. The molecule has 0 aromatic heterocycles. The number of methoxy groups -OCH3 is 1. The fraction of sp³-hybridized carbons (Fsp3) is 0.440. The molecule has 0 aliphatic carbocycles. The van der Waals surface area contributed by atoms with Crippen LogP contribution in [0.2, 0.25) is 0 Å². The summed E-state index contributed by atoms with van der Waals surface area (Å²) in [5, 5.41) is 4.23. The summed E-state index contributed by atoms with van der Waals surface area (Å²) in [7, 11) is 1.60. The molecule has 1 N–H and O–H groups in total. The molecule has 0 saturated carbocycles. The molecule has 3 rings (SSSR count). The fourth-order valence-electron chi connectivity index (χ4n) is 4.46. The Labute approximate surface area is 199 Å². The van der Waals surface area contributed by atoms with Crippen molar-refractivity contribution in [2.75, 3.05) is 18.6 Å². The zero-order chi connectivity index (χ0) is 22.8. The second-order valence-corrected chi connectivity index (χ2v) is 10.0. The molecule has 1 aliphatic rings. The fourth-order valence-corrected chi connectivity index (χ4v) is 5.02. The van der Waals surface area contributed by atoms with Crippen LogP contribution in [0.3, 0.4) is 0 Å². The number of halogens is 1. The van der Waals surface area contributed by atoms with E-state index in [0.717, 1.165) is 34.1 Å². The highest BCUT2D eigenvalue weighted by atomic mass is 127. The first-order valence-electron chi connectivity index (χ1n) is 10.8. The molecule has 166 valence electrons. The highest BCUT2D eigenvalue weighted by Crippen LogP contribution is 2.44. The van der Waals surface area contributed by atoms with Crippen molar-refractivity contribution in [3.8, 4) is 5.75 Å². The van der Waals surface area contributed by atoms with Gasteiger partial charge in [-0.05, 0) is 109 Å². The Morgan fingerprint density at radius 3 is 2.77 bits per heavy atom. The molecular weight excluding hydrogens is 501 g/mol. The van der Waals surface area contributed by atoms with Crippen molar-refractivity contribution in [3.63, 3.8) is 0 Å². The van der Waals surface area contributed by atoms with Gasteiger partial charge >= 0.3 is 0 Å². The Bertz CT molecular complexity index is 1000. The van der Waals surface area contributed by atoms with Crippen LogP contribution in [0.4, 0.5) is 5.69 Å². The maximum absolute atomic E-state index is 12.5. The van der Waals surface area contributed by atoms with Crippen molar-refractivity contribution in [2.45, 2.75) is 58.9 Å². The van der Waals surface area contributed by atoms with Crippen LogP contribution in [0, 0.1) is 10.5 Å². The van der Waals surface area contributed by atoms with Crippen molar-refractivity contribution in [1.29, 1.82) is 0 Å². The van der Waals surface area contributed by atoms with E-state index >= 15 is 0 Å². The maximum atomic E-state index is 12.5. The van der Waals surface area contributed by atoms with Gasteiger partial charge in [-0.3, -0.25) is 4.79 Å². The molecule has 0 spiro atoms. The van der Waals surface area contributed by atoms with Gasteiger partial charge in [0.25, 0.3) is 5.91 Å². The molecule has 0 bridgehead atoms. The Hall–Kier alpha value is -2.09. The number of amides is 1. The predicted molar refractivity (Wildman–Crippen MR) is 137 cm³/mol. The lowest BCUT2D eigenvalue weighted by molar-refractivity contribution is 0.0954. The van der Waals surface area contributed by atoms with Gasteiger partial charge in [0.2, 0.25) is 0 Å². The van der Waals surface area contributed by atoms with Crippen LogP contribution in [0.1, 0.15) is 73.5 Å². The van der Waals surface area contributed by atoms with Crippen LogP contribution in [-0.2, 0) is 0 Å². The molecule has 0 saturated heterocycles.